The van der Waals surface area contributed by atoms with E-state index in [2.05, 4.69) is 76.0 Å². The summed E-state index contributed by atoms with van der Waals surface area (Å²) in [5, 5.41) is 11.6. The molecule has 0 aromatic rings. The zero-order valence-electron chi connectivity index (χ0n) is 73.3. The molecule has 0 aliphatic rings. The van der Waals surface area contributed by atoms with Crippen molar-refractivity contribution in [3.63, 3.8) is 0 Å². The van der Waals surface area contributed by atoms with Gasteiger partial charge in [-0.15, -0.1) is 13.2 Å². The summed E-state index contributed by atoms with van der Waals surface area (Å²) >= 11 is 0. The first-order chi connectivity index (χ1) is 54.7. The molecule has 0 fully saturated rings. The number of rotatable bonds is 90. The van der Waals surface area contributed by atoms with E-state index in [1.807, 2.05) is 0 Å². The van der Waals surface area contributed by atoms with Gasteiger partial charge in [-0.25, -0.2) is 13.9 Å². The molecule has 6 atom stereocenters. The lowest BCUT2D eigenvalue weighted by Crippen LogP contribution is -2.48. The Kier molecular flexibility index (Phi) is 80.6. The van der Waals surface area contributed by atoms with Gasteiger partial charge in [0.15, 0.2) is 0 Å². The third kappa shape index (κ3) is 72.1. The van der Waals surface area contributed by atoms with E-state index in [0.29, 0.717) is 38.5 Å². The summed E-state index contributed by atoms with van der Waals surface area (Å²) in [7, 11) is -8.81. The van der Waals surface area contributed by atoms with Gasteiger partial charge in [-0.05, 0) is 51.4 Å². The molecule has 4 N–H and O–H groups in total. The smallest absolute Gasteiger partial charge is 0.460 e. The van der Waals surface area contributed by atoms with Crippen molar-refractivity contribution >= 4 is 45.4 Å². The average Bonchev–Trinajstić information content (AvgIpc) is 0.869. The van der Waals surface area contributed by atoms with E-state index in [-0.39, 0.29) is 102 Å². The summed E-state index contributed by atoms with van der Waals surface area (Å²) in [4.78, 5) is 68.7. The highest BCUT2D eigenvalue weighted by atomic mass is 31.2. The molecule has 0 aromatic heterocycles. The monoisotopic (exact) mass is 1630 g/mol. The molecule has 0 aliphatic heterocycles. The van der Waals surface area contributed by atoms with Gasteiger partial charge in [0.25, 0.3) is 0 Å². The number of carbonyl (C=O) groups is 5. The van der Waals surface area contributed by atoms with Crippen LogP contribution in [0.15, 0.2) is 25.3 Å². The third-order valence-electron chi connectivity index (χ3n) is 21.1. The van der Waals surface area contributed by atoms with Crippen LogP contribution in [-0.4, -0.2) is 107 Å². The molecule has 0 spiro atoms. The van der Waals surface area contributed by atoms with Crippen LogP contribution in [-0.2, 0) is 64.9 Å². The summed E-state index contributed by atoms with van der Waals surface area (Å²) in [5.74, 6) is -1.09. The summed E-state index contributed by atoms with van der Waals surface area (Å²) in [6.07, 6.45) is 68.5. The van der Waals surface area contributed by atoms with Gasteiger partial charge < -0.3 is 30.7 Å². The highest BCUT2D eigenvalue weighted by Crippen LogP contribution is 2.50. The van der Waals surface area contributed by atoms with Crippen molar-refractivity contribution in [2.45, 2.75) is 477 Å². The number of amides is 4. The highest BCUT2D eigenvalue weighted by Gasteiger charge is 2.35. The number of phosphoric acid groups is 2. The fourth-order valence-electron chi connectivity index (χ4n) is 14.1. The molecule has 0 heterocycles. The lowest BCUT2D eigenvalue weighted by atomic mass is 10.0. The summed E-state index contributed by atoms with van der Waals surface area (Å²) in [6.45, 7) is 18.9. The van der Waals surface area contributed by atoms with E-state index < -0.39 is 46.0 Å². The zero-order chi connectivity index (χ0) is 82.0. The number of hydrogen-bond acceptors (Lipinski definition) is 15. The van der Waals surface area contributed by atoms with Crippen LogP contribution in [0.4, 0.5) is 4.79 Å². The van der Waals surface area contributed by atoms with Gasteiger partial charge in [-0.3, -0.25) is 46.3 Å². The Morgan fingerprint density at radius 2 is 0.518 bits per heavy atom. The van der Waals surface area contributed by atoms with Crippen LogP contribution in [0, 0.1) is 0 Å². The van der Waals surface area contributed by atoms with E-state index in [9.17, 15) is 33.1 Å². The van der Waals surface area contributed by atoms with Gasteiger partial charge in [0, 0.05) is 38.8 Å². The number of carbonyl (C=O) groups excluding carboxylic acids is 5. The molecule has 0 aliphatic carbocycles. The second kappa shape index (κ2) is 82.9. The van der Waals surface area contributed by atoms with Crippen LogP contribution in [0.2, 0.25) is 0 Å². The molecule has 0 saturated heterocycles. The number of unbranched alkanes of at least 4 members (excludes halogenated alkanes) is 52. The maximum Gasteiger partial charge on any atom is 0.475 e. The predicted molar refractivity (Wildman–Crippen MR) is 466 cm³/mol. The van der Waals surface area contributed by atoms with Crippen molar-refractivity contribution in [2.75, 3.05) is 52.7 Å². The number of nitrogens with one attached hydrogen (secondary N) is 4. The maximum absolute atomic E-state index is 14.5. The SMILES string of the molecule is C=CCOP(=O)(OCCNC(=O)NCCOP(=O)(OCC=C)OC[C@H](NC(=O)CCCCCCCCCCCCC)[C@@H](CCCCCCCCCCC)OC(=O)CCCCCCCCCCC)OC[C@H](NC(=O)CCCCCCCCCCCCC)[C@@H](CCCCCCCCCCC)OC(=O)CCCCCCCCCCC. The van der Waals surface area contributed by atoms with E-state index in [1.54, 1.807) is 0 Å². The normalized spacial score (nSPS) is 13.7. The van der Waals surface area contributed by atoms with Crippen LogP contribution in [0.5, 0.6) is 0 Å². The van der Waals surface area contributed by atoms with Gasteiger partial charge >= 0.3 is 33.6 Å². The molecule has 112 heavy (non-hydrogen) atoms. The van der Waals surface area contributed by atoms with Crippen LogP contribution in [0.3, 0.4) is 0 Å². The molecule has 0 saturated carbocycles. The fourth-order valence-corrected chi connectivity index (χ4v) is 16.5. The van der Waals surface area contributed by atoms with Gasteiger partial charge in [-0.1, -0.05) is 388 Å². The first kappa shape index (κ1) is 109. The standard InChI is InChI=1S/C91H176N4O15P2/c1-9-17-23-29-35-41-43-49-53-59-65-71-87(96)94-83(85(69-63-57-51-45-37-31-25-19-11-3)109-89(98)73-67-61-55-47-39-33-27-21-13-5)81-107-111(101,103-77-15-7)105-79-75-92-91(100)93-76-80-106-112(102,104-78-16-8)108-82-84(95-88(97)72-66-60-54-50-44-42-36-30-24-18-10-2)86(70-64-58-52-46-38-32-26-20-12-4)110-90(99)74-68-62-56-48-40-34-28-22-14-6/h15-16,83-86H,7-14,17-82H2,1-6H3,(H,94,96)(H,95,97)(H2,92,93,100)/t83-,84-,85+,86+,111?,112?/m0/s1. The molecule has 0 bridgehead atoms. The molecular formula is C91H176N4O15P2. The van der Waals surface area contributed by atoms with Crippen molar-refractivity contribution in [1.82, 2.24) is 21.3 Å². The molecule has 4 amide bonds. The second-order valence-electron chi connectivity index (χ2n) is 31.9. The molecule has 2 unspecified atom stereocenters. The van der Waals surface area contributed by atoms with Crippen LogP contribution in [0.25, 0.3) is 0 Å². The maximum atomic E-state index is 14.5. The number of ether oxygens (including phenoxy) is 2. The average molecular weight is 1630 g/mol. The Morgan fingerprint density at radius 3 is 0.759 bits per heavy atom. The van der Waals surface area contributed by atoms with E-state index in [0.717, 1.165) is 128 Å². The van der Waals surface area contributed by atoms with Crippen molar-refractivity contribution in [3.8, 4) is 0 Å². The number of hydrogen-bond donors (Lipinski definition) is 4. The number of esters is 2. The topological polar surface area (TPSA) is 241 Å². The largest absolute Gasteiger partial charge is 0.475 e. The summed E-state index contributed by atoms with van der Waals surface area (Å²) < 4.78 is 76.9. The van der Waals surface area contributed by atoms with Crippen molar-refractivity contribution in [3.05, 3.63) is 25.3 Å². The van der Waals surface area contributed by atoms with Gasteiger partial charge in [0.1, 0.15) is 12.2 Å². The first-order valence-electron chi connectivity index (χ1n) is 47.0. The third-order valence-corrected chi connectivity index (χ3v) is 24.0. The Hall–Kier alpha value is -3.15. The van der Waals surface area contributed by atoms with E-state index >= 15 is 0 Å². The summed E-state index contributed by atoms with van der Waals surface area (Å²) in [5.41, 5.74) is 0. The zero-order valence-corrected chi connectivity index (χ0v) is 75.1. The fraction of sp³-hybridized carbons (Fsp3) is 0.901. The van der Waals surface area contributed by atoms with Gasteiger partial charge in [-0.2, -0.15) is 0 Å². The first-order valence-corrected chi connectivity index (χ1v) is 49.9. The van der Waals surface area contributed by atoms with Crippen molar-refractivity contribution < 1.29 is 69.7 Å². The molecule has 21 heteroatoms. The molecule has 0 rings (SSSR count). The van der Waals surface area contributed by atoms with E-state index in [1.165, 1.54) is 230 Å². The van der Waals surface area contributed by atoms with Crippen molar-refractivity contribution in [2.24, 2.45) is 0 Å². The Morgan fingerprint density at radius 1 is 0.295 bits per heavy atom. The van der Waals surface area contributed by atoms with Gasteiger partial charge in [0.2, 0.25) is 11.8 Å². The van der Waals surface area contributed by atoms with Gasteiger partial charge in [0.05, 0.1) is 51.7 Å². The minimum Gasteiger partial charge on any atom is -0.460 e. The Balaban J connectivity index is 6.46. The molecule has 19 nitrogen and oxygen atoms in total. The number of urea groups is 1. The molecule has 0 aromatic carbocycles. The van der Waals surface area contributed by atoms with Crippen LogP contribution < -0.4 is 21.3 Å². The number of phosphoric ester groups is 2. The van der Waals surface area contributed by atoms with E-state index in [4.69, 9.17) is 36.6 Å². The highest BCUT2D eigenvalue weighted by molar-refractivity contribution is 7.48. The minimum absolute atomic E-state index is 0.144. The summed E-state index contributed by atoms with van der Waals surface area (Å²) in [6, 6.07) is -2.39. The van der Waals surface area contributed by atoms with Crippen LogP contribution in [0.1, 0.15) is 452 Å². The lowest BCUT2D eigenvalue weighted by Gasteiger charge is -2.29. The lowest BCUT2D eigenvalue weighted by molar-refractivity contribution is -0.153. The predicted octanol–water partition coefficient (Wildman–Crippen LogP) is 26.9. The molecule has 660 valence electrons. The molecular weight excluding hydrogens is 1450 g/mol. The Labute approximate surface area is 687 Å². The van der Waals surface area contributed by atoms with Crippen molar-refractivity contribution in [1.29, 1.82) is 0 Å². The van der Waals surface area contributed by atoms with Crippen LogP contribution >= 0.6 is 15.6 Å². The Bertz CT molecular complexity index is 2120. The minimum atomic E-state index is -4.41. The quantitative estimate of drug-likeness (QED) is 0.0192. The molecule has 0 radical (unpaired) electrons. The second-order valence-corrected chi connectivity index (χ2v) is 35.2.